The number of piperidine rings is 1. The molecule has 0 unspecified atom stereocenters. The van der Waals surface area contributed by atoms with Crippen LogP contribution in [0.5, 0.6) is 0 Å². The van der Waals surface area contributed by atoms with E-state index in [1.165, 1.54) is 22.7 Å². The summed E-state index contributed by atoms with van der Waals surface area (Å²) in [5.41, 5.74) is 1.82. The molecule has 1 saturated heterocycles. The molecule has 5 rings (SSSR count). The van der Waals surface area contributed by atoms with E-state index in [0.717, 1.165) is 25.2 Å². The molecule has 3 aromatic heterocycles. The highest BCUT2D eigenvalue weighted by atomic mass is 16.3. The first kappa shape index (κ1) is 20.5. The summed E-state index contributed by atoms with van der Waals surface area (Å²) in [4.78, 5) is 19.4. The predicted octanol–water partition coefficient (Wildman–Crippen LogP) is 0.192. The lowest BCUT2D eigenvalue weighted by Crippen LogP contribution is -2.47. The molecule has 4 aromatic rings. The van der Waals surface area contributed by atoms with Gasteiger partial charge in [-0.3, -0.25) is 18.9 Å². The number of tetrazole rings is 1. The number of likely N-dealkylation sites (tertiary alicyclic amines) is 1. The fourth-order valence-corrected chi connectivity index (χ4v) is 4.23. The van der Waals surface area contributed by atoms with Crippen LogP contribution in [0.3, 0.4) is 0 Å². The quantitative estimate of drug-likeness (QED) is 0.456. The van der Waals surface area contributed by atoms with Crippen LogP contribution in [0.2, 0.25) is 0 Å². The van der Waals surface area contributed by atoms with Gasteiger partial charge in [0, 0.05) is 26.7 Å². The zero-order chi connectivity index (χ0) is 22.1. The second kappa shape index (κ2) is 8.24. The Balaban J connectivity index is 1.18. The van der Waals surface area contributed by atoms with Gasteiger partial charge in [0.15, 0.2) is 5.65 Å². The predicted molar refractivity (Wildman–Crippen MR) is 116 cm³/mol. The second-order valence-electron chi connectivity index (χ2n) is 8.51. The molecule has 0 amide bonds. The molecular formula is C21H25N9O2. The molecule has 11 nitrogen and oxygen atoms in total. The first-order chi connectivity index (χ1) is 15.5. The first-order valence-electron chi connectivity index (χ1n) is 10.6. The van der Waals surface area contributed by atoms with Crippen molar-refractivity contribution in [2.45, 2.75) is 38.1 Å². The number of aryl methyl sites for hydroxylation is 1. The van der Waals surface area contributed by atoms with Crippen molar-refractivity contribution >= 4 is 11.0 Å². The topological polar surface area (TPSA) is 120 Å². The molecule has 4 heterocycles. The maximum absolute atomic E-state index is 12.7. The van der Waals surface area contributed by atoms with Crippen LogP contribution in [-0.4, -0.2) is 68.2 Å². The Morgan fingerprint density at radius 2 is 1.78 bits per heavy atom. The Bertz CT molecular complexity index is 1250. The van der Waals surface area contributed by atoms with E-state index < -0.39 is 5.60 Å². The normalized spacial score (nSPS) is 16.6. The van der Waals surface area contributed by atoms with Gasteiger partial charge in [-0.2, -0.15) is 5.10 Å². The van der Waals surface area contributed by atoms with Crippen molar-refractivity contribution < 1.29 is 5.11 Å². The van der Waals surface area contributed by atoms with Crippen molar-refractivity contribution in [3.63, 3.8) is 0 Å². The summed E-state index contributed by atoms with van der Waals surface area (Å²) in [6, 6.07) is 8.42. The third kappa shape index (κ3) is 4.16. The minimum Gasteiger partial charge on any atom is -0.388 e. The number of hydrogen-bond acceptors (Lipinski definition) is 8. The number of nitrogens with zero attached hydrogens (tertiary/aromatic N) is 9. The van der Waals surface area contributed by atoms with Crippen molar-refractivity contribution in [2.75, 3.05) is 13.1 Å². The van der Waals surface area contributed by atoms with Crippen molar-refractivity contribution in [1.29, 1.82) is 0 Å². The van der Waals surface area contributed by atoms with Gasteiger partial charge in [0.25, 0.3) is 5.56 Å². The van der Waals surface area contributed by atoms with Crippen LogP contribution in [0.1, 0.15) is 24.0 Å². The van der Waals surface area contributed by atoms with Crippen LogP contribution < -0.4 is 5.56 Å². The highest BCUT2D eigenvalue weighted by Crippen LogP contribution is 2.25. The molecule has 0 bridgehead atoms. The molecule has 0 atom stereocenters. The summed E-state index contributed by atoms with van der Waals surface area (Å²) in [6.45, 7) is 3.23. The number of fused-ring (bicyclic) bond motifs is 1. The molecular weight excluding hydrogens is 410 g/mol. The molecule has 166 valence electrons. The van der Waals surface area contributed by atoms with E-state index in [2.05, 4.69) is 54.8 Å². The van der Waals surface area contributed by atoms with E-state index in [1.54, 1.807) is 22.7 Å². The van der Waals surface area contributed by atoms with Gasteiger partial charge in [-0.15, -0.1) is 5.10 Å². The average molecular weight is 435 g/mol. The molecule has 1 aliphatic heterocycles. The van der Waals surface area contributed by atoms with Crippen LogP contribution in [-0.2, 0) is 26.7 Å². The van der Waals surface area contributed by atoms with Crippen LogP contribution in [0, 0.1) is 0 Å². The van der Waals surface area contributed by atoms with Crippen molar-refractivity contribution in [2.24, 2.45) is 7.05 Å². The van der Waals surface area contributed by atoms with Gasteiger partial charge < -0.3 is 5.11 Å². The van der Waals surface area contributed by atoms with Crippen molar-refractivity contribution in [3.05, 3.63) is 64.6 Å². The highest BCUT2D eigenvalue weighted by molar-refractivity contribution is 5.72. The smallest absolute Gasteiger partial charge is 0.264 e. The van der Waals surface area contributed by atoms with Crippen LogP contribution in [0.4, 0.5) is 0 Å². The van der Waals surface area contributed by atoms with Gasteiger partial charge in [0.05, 0.1) is 24.9 Å². The Hall–Kier alpha value is -3.44. The first-order valence-corrected chi connectivity index (χ1v) is 10.6. The second-order valence-corrected chi connectivity index (χ2v) is 8.51. The summed E-state index contributed by atoms with van der Waals surface area (Å²) in [6.07, 6.45) is 5.83. The molecule has 1 aromatic carbocycles. The van der Waals surface area contributed by atoms with E-state index in [4.69, 9.17) is 0 Å². The summed E-state index contributed by atoms with van der Waals surface area (Å²) in [7, 11) is 1.75. The molecule has 1 aliphatic rings. The van der Waals surface area contributed by atoms with Crippen LogP contribution >= 0.6 is 0 Å². The lowest BCUT2D eigenvalue weighted by molar-refractivity contribution is -0.0364. The molecule has 32 heavy (non-hydrogen) atoms. The fraction of sp³-hybridized carbons (Fsp3) is 0.429. The average Bonchev–Trinajstić information content (AvgIpc) is 3.44. The number of rotatable bonds is 6. The minimum absolute atomic E-state index is 0.166. The number of aromatic nitrogens is 8. The molecule has 0 saturated carbocycles. The summed E-state index contributed by atoms with van der Waals surface area (Å²) >= 11 is 0. The number of aliphatic hydroxyl groups is 1. The third-order valence-electron chi connectivity index (χ3n) is 6.13. The van der Waals surface area contributed by atoms with Crippen molar-refractivity contribution in [3.8, 4) is 0 Å². The lowest BCUT2D eigenvalue weighted by Gasteiger charge is -2.38. The zero-order valence-electron chi connectivity index (χ0n) is 17.9. The van der Waals surface area contributed by atoms with Gasteiger partial charge >= 0.3 is 0 Å². The Morgan fingerprint density at radius 3 is 2.47 bits per heavy atom. The number of benzene rings is 1. The van der Waals surface area contributed by atoms with E-state index >= 15 is 0 Å². The Labute approximate surface area is 183 Å². The molecule has 0 radical (unpaired) electrons. The standard InChI is InChI=1S/C21H25N9O2/c1-27-19-18(10-24-27)20(31)29(14-22-19)13-21(32)6-8-28(9-7-21)11-16-2-4-17(5-3-16)12-30-15-23-25-26-30/h2-5,10,14-15,32H,6-9,11-13H2,1H3. The van der Waals surface area contributed by atoms with Gasteiger partial charge in [0.1, 0.15) is 18.0 Å². The fourth-order valence-electron chi connectivity index (χ4n) is 4.23. The minimum atomic E-state index is -0.923. The highest BCUT2D eigenvalue weighted by Gasteiger charge is 2.33. The van der Waals surface area contributed by atoms with E-state index in [1.807, 2.05) is 0 Å². The molecule has 0 aliphatic carbocycles. The van der Waals surface area contributed by atoms with E-state index in [9.17, 15) is 9.90 Å². The van der Waals surface area contributed by atoms with Gasteiger partial charge in [0.2, 0.25) is 0 Å². The third-order valence-corrected chi connectivity index (χ3v) is 6.13. The summed E-state index contributed by atoms with van der Waals surface area (Å²) < 4.78 is 4.77. The Kier molecular flexibility index (Phi) is 5.27. The monoisotopic (exact) mass is 435 g/mol. The van der Waals surface area contributed by atoms with E-state index in [0.29, 0.717) is 30.4 Å². The molecule has 1 fully saturated rings. The van der Waals surface area contributed by atoms with E-state index in [-0.39, 0.29) is 12.1 Å². The molecule has 0 spiro atoms. The van der Waals surface area contributed by atoms with Crippen LogP contribution in [0.15, 0.2) is 47.9 Å². The SMILES string of the molecule is Cn1ncc2c(=O)n(CC3(O)CCN(Cc4ccc(Cn5cnnn5)cc4)CC3)cnc21. The Morgan fingerprint density at radius 1 is 1.06 bits per heavy atom. The number of hydrogen-bond donors (Lipinski definition) is 1. The molecule has 1 N–H and O–H groups in total. The van der Waals surface area contributed by atoms with Gasteiger partial charge in [-0.05, 0) is 34.4 Å². The summed E-state index contributed by atoms with van der Waals surface area (Å²) in [5.74, 6) is 0. The van der Waals surface area contributed by atoms with Gasteiger partial charge in [-0.25, -0.2) is 9.67 Å². The maximum atomic E-state index is 12.7. The van der Waals surface area contributed by atoms with Crippen molar-refractivity contribution in [1.82, 2.24) is 44.4 Å². The molecule has 11 heteroatoms. The van der Waals surface area contributed by atoms with Gasteiger partial charge in [-0.1, -0.05) is 24.3 Å². The largest absolute Gasteiger partial charge is 0.388 e. The van der Waals surface area contributed by atoms with Crippen LogP contribution in [0.25, 0.3) is 11.0 Å². The zero-order valence-corrected chi connectivity index (χ0v) is 17.9. The summed E-state index contributed by atoms with van der Waals surface area (Å²) in [5, 5.41) is 26.9. The lowest BCUT2D eigenvalue weighted by atomic mass is 9.91. The maximum Gasteiger partial charge on any atom is 0.264 e.